The first kappa shape index (κ1) is 14.2. The number of rotatable bonds is 7. The molecule has 0 saturated heterocycles. The Balaban J connectivity index is 2.64. The van der Waals surface area contributed by atoms with Gasteiger partial charge in [-0.25, -0.2) is 4.98 Å². The maximum atomic E-state index is 9.54. The fourth-order valence-electron chi connectivity index (χ4n) is 2.32. The van der Waals surface area contributed by atoms with Gasteiger partial charge in [0.05, 0.1) is 13.2 Å². The van der Waals surface area contributed by atoms with Crippen molar-refractivity contribution in [2.24, 2.45) is 18.4 Å². The van der Waals surface area contributed by atoms with Crippen molar-refractivity contribution < 1.29 is 10.2 Å². The highest BCUT2D eigenvalue weighted by molar-refractivity contribution is 4.93. The van der Waals surface area contributed by atoms with Crippen LogP contribution in [-0.4, -0.2) is 33.0 Å². The molecular formula is C13H24N2O2. The van der Waals surface area contributed by atoms with Gasteiger partial charge in [-0.2, -0.15) is 0 Å². The van der Waals surface area contributed by atoms with E-state index >= 15 is 0 Å². The van der Waals surface area contributed by atoms with Crippen molar-refractivity contribution in [1.82, 2.24) is 9.55 Å². The topological polar surface area (TPSA) is 58.3 Å². The molecule has 4 nitrogen and oxygen atoms in total. The van der Waals surface area contributed by atoms with Crippen LogP contribution in [0.1, 0.15) is 32.5 Å². The van der Waals surface area contributed by atoms with Crippen LogP contribution >= 0.6 is 0 Å². The predicted octanol–water partition coefficient (Wildman–Crippen LogP) is 1.37. The van der Waals surface area contributed by atoms with Crippen LogP contribution in [0.3, 0.4) is 0 Å². The van der Waals surface area contributed by atoms with Gasteiger partial charge >= 0.3 is 0 Å². The summed E-state index contributed by atoms with van der Waals surface area (Å²) in [7, 11) is 1.96. The van der Waals surface area contributed by atoms with Crippen LogP contribution in [0.2, 0.25) is 0 Å². The Morgan fingerprint density at radius 1 is 1.35 bits per heavy atom. The van der Waals surface area contributed by atoms with Gasteiger partial charge < -0.3 is 14.8 Å². The molecule has 4 heteroatoms. The number of hydrogen-bond donors (Lipinski definition) is 2. The van der Waals surface area contributed by atoms with E-state index in [0.717, 1.165) is 25.1 Å². The number of nitrogens with zero attached hydrogens (tertiary/aromatic N) is 2. The van der Waals surface area contributed by atoms with E-state index in [0.29, 0.717) is 5.92 Å². The second kappa shape index (κ2) is 6.17. The Kier molecular flexibility index (Phi) is 5.15. The lowest BCUT2D eigenvalue weighted by atomic mass is 9.77. The van der Waals surface area contributed by atoms with E-state index < -0.39 is 0 Å². The molecule has 0 fully saturated rings. The minimum Gasteiger partial charge on any atom is -0.396 e. The average molecular weight is 240 g/mol. The molecule has 1 aromatic rings. The number of aromatic nitrogens is 2. The molecule has 2 N–H and O–H groups in total. The SMILES string of the molecule is CC(C)CC(CO)(CO)CCc1nccn1C. The first-order valence-electron chi connectivity index (χ1n) is 6.21. The van der Waals surface area contributed by atoms with E-state index in [1.54, 1.807) is 6.20 Å². The second-order valence-corrected chi connectivity index (χ2v) is 5.37. The molecule has 0 aliphatic rings. The van der Waals surface area contributed by atoms with E-state index in [9.17, 15) is 10.2 Å². The van der Waals surface area contributed by atoms with Crippen molar-refractivity contribution in [3.05, 3.63) is 18.2 Å². The quantitative estimate of drug-likeness (QED) is 0.757. The number of hydrogen-bond acceptors (Lipinski definition) is 3. The summed E-state index contributed by atoms with van der Waals surface area (Å²) >= 11 is 0. The van der Waals surface area contributed by atoms with Crippen LogP contribution in [-0.2, 0) is 13.5 Å². The lowest BCUT2D eigenvalue weighted by molar-refractivity contribution is 0.0293. The Morgan fingerprint density at radius 2 is 2.00 bits per heavy atom. The Labute approximate surface area is 103 Å². The van der Waals surface area contributed by atoms with Gasteiger partial charge in [0.1, 0.15) is 5.82 Å². The zero-order valence-corrected chi connectivity index (χ0v) is 11.1. The van der Waals surface area contributed by atoms with Gasteiger partial charge in [-0.15, -0.1) is 0 Å². The van der Waals surface area contributed by atoms with Crippen LogP contribution in [0.4, 0.5) is 0 Å². The summed E-state index contributed by atoms with van der Waals surface area (Å²) in [6.07, 6.45) is 6.08. The normalized spacial score (nSPS) is 12.4. The summed E-state index contributed by atoms with van der Waals surface area (Å²) in [5.74, 6) is 1.47. The molecule has 1 heterocycles. The van der Waals surface area contributed by atoms with Crippen LogP contribution in [0.25, 0.3) is 0 Å². The maximum absolute atomic E-state index is 9.54. The molecule has 0 amide bonds. The van der Waals surface area contributed by atoms with E-state index in [1.165, 1.54) is 0 Å². The highest BCUT2D eigenvalue weighted by Gasteiger charge is 2.29. The Bertz CT molecular complexity index is 330. The summed E-state index contributed by atoms with van der Waals surface area (Å²) in [5.41, 5.74) is -0.375. The predicted molar refractivity (Wildman–Crippen MR) is 67.6 cm³/mol. The molecule has 0 radical (unpaired) electrons. The van der Waals surface area contributed by atoms with Crippen LogP contribution < -0.4 is 0 Å². The molecule has 0 aromatic carbocycles. The van der Waals surface area contributed by atoms with Crippen LogP contribution in [0.5, 0.6) is 0 Å². The molecular weight excluding hydrogens is 216 g/mol. The van der Waals surface area contributed by atoms with E-state index in [4.69, 9.17) is 0 Å². The molecule has 0 aliphatic heterocycles. The summed E-state index contributed by atoms with van der Waals surface area (Å²) in [4.78, 5) is 4.27. The van der Waals surface area contributed by atoms with E-state index in [1.807, 2.05) is 17.8 Å². The highest BCUT2D eigenvalue weighted by atomic mass is 16.3. The molecule has 0 unspecified atom stereocenters. The molecule has 0 atom stereocenters. The van der Waals surface area contributed by atoms with E-state index in [-0.39, 0.29) is 18.6 Å². The van der Waals surface area contributed by atoms with E-state index in [2.05, 4.69) is 18.8 Å². The third-order valence-electron chi connectivity index (χ3n) is 3.31. The lowest BCUT2D eigenvalue weighted by Gasteiger charge is -2.31. The van der Waals surface area contributed by atoms with Crippen LogP contribution in [0.15, 0.2) is 12.4 Å². The smallest absolute Gasteiger partial charge is 0.108 e. The number of aryl methyl sites for hydroxylation is 2. The van der Waals surface area contributed by atoms with Gasteiger partial charge in [0.25, 0.3) is 0 Å². The van der Waals surface area contributed by atoms with Gasteiger partial charge in [-0.1, -0.05) is 13.8 Å². The average Bonchev–Trinajstić information content (AvgIpc) is 2.70. The highest BCUT2D eigenvalue weighted by Crippen LogP contribution is 2.30. The Hall–Kier alpha value is -0.870. The molecule has 0 aliphatic carbocycles. The van der Waals surface area contributed by atoms with Crippen molar-refractivity contribution in [2.75, 3.05) is 13.2 Å². The van der Waals surface area contributed by atoms with Gasteiger partial charge in [-0.3, -0.25) is 0 Å². The van der Waals surface area contributed by atoms with Crippen molar-refractivity contribution in [1.29, 1.82) is 0 Å². The van der Waals surface area contributed by atoms with Gasteiger partial charge in [0, 0.05) is 31.3 Å². The van der Waals surface area contributed by atoms with Gasteiger partial charge in [-0.05, 0) is 18.8 Å². The largest absolute Gasteiger partial charge is 0.396 e. The molecule has 0 bridgehead atoms. The number of aliphatic hydroxyl groups is 2. The molecule has 17 heavy (non-hydrogen) atoms. The third-order valence-corrected chi connectivity index (χ3v) is 3.31. The first-order valence-corrected chi connectivity index (χ1v) is 6.21. The van der Waals surface area contributed by atoms with Crippen molar-refractivity contribution in [3.8, 4) is 0 Å². The minimum absolute atomic E-state index is 0.0338. The standard InChI is InChI=1S/C13H24N2O2/c1-11(2)8-13(9-16,10-17)5-4-12-14-6-7-15(12)3/h6-7,11,16-17H,4-5,8-10H2,1-3H3. The molecule has 0 spiro atoms. The Morgan fingerprint density at radius 3 is 2.41 bits per heavy atom. The molecule has 1 rings (SSSR count). The number of aliphatic hydroxyl groups excluding tert-OH is 2. The first-order chi connectivity index (χ1) is 8.03. The molecule has 0 saturated carbocycles. The summed E-state index contributed by atoms with van der Waals surface area (Å²) in [6.45, 7) is 4.29. The minimum atomic E-state index is -0.375. The van der Waals surface area contributed by atoms with Gasteiger partial charge in [0.15, 0.2) is 0 Å². The van der Waals surface area contributed by atoms with Crippen molar-refractivity contribution >= 4 is 0 Å². The zero-order valence-electron chi connectivity index (χ0n) is 11.1. The summed E-state index contributed by atoms with van der Waals surface area (Å²) in [6, 6.07) is 0. The molecule has 98 valence electrons. The zero-order chi connectivity index (χ0) is 12.9. The summed E-state index contributed by atoms with van der Waals surface area (Å²) < 4.78 is 1.98. The maximum Gasteiger partial charge on any atom is 0.108 e. The number of imidazole rings is 1. The van der Waals surface area contributed by atoms with Crippen molar-refractivity contribution in [3.63, 3.8) is 0 Å². The second-order valence-electron chi connectivity index (χ2n) is 5.37. The fraction of sp³-hybridized carbons (Fsp3) is 0.769. The van der Waals surface area contributed by atoms with Crippen LogP contribution in [0, 0.1) is 11.3 Å². The van der Waals surface area contributed by atoms with Crippen molar-refractivity contribution in [2.45, 2.75) is 33.1 Å². The lowest BCUT2D eigenvalue weighted by Crippen LogP contribution is -2.32. The molecule has 1 aromatic heterocycles. The fourth-order valence-corrected chi connectivity index (χ4v) is 2.32. The summed E-state index contributed by atoms with van der Waals surface area (Å²) in [5, 5.41) is 19.1. The van der Waals surface area contributed by atoms with Gasteiger partial charge in [0.2, 0.25) is 0 Å². The third kappa shape index (κ3) is 3.82. The monoisotopic (exact) mass is 240 g/mol.